The first-order valence-electron chi connectivity index (χ1n) is 8.79. The molecule has 0 aromatic heterocycles. The lowest BCUT2D eigenvalue weighted by atomic mass is 9.84. The number of nitrogens with zero attached hydrogens (tertiary/aromatic N) is 1. The monoisotopic (exact) mass is 367 g/mol. The van der Waals surface area contributed by atoms with Crippen molar-refractivity contribution in [2.45, 2.75) is 37.6 Å². The van der Waals surface area contributed by atoms with E-state index in [-0.39, 0.29) is 10.8 Å². The molecular formula is C18H29N3O3S. The first kappa shape index (κ1) is 19.9. The van der Waals surface area contributed by atoms with Crippen LogP contribution in [0.15, 0.2) is 29.2 Å². The fourth-order valence-electron chi connectivity index (χ4n) is 3.14. The second-order valence-corrected chi connectivity index (χ2v) is 9.13. The molecule has 7 heteroatoms. The number of hydrogen-bond acceptors (Lipinski definition) is 4. The minimum atomic E-state index is -3.41. The zero-order chi connectivity index (χ0) is 18.4. The van der Waals surface area contributed by atoms with Crippen molar-refractivity contribution in [1.29, 1.82) is 0 Å². The van der Waals surface area contributed by atoms with Gasteiger partial charge in [0.15, 0.2) is 0 Å². The van der Waals surface area contributed by atoms with Crippen molar-refractivity contribution in [2.75, 3.05) is 27.2 Å². The number of nitrogens with one attached hydrogen (secondary N) is 2. The van der Waals surface area contributed by atoms with Crippen LogP contribution in [0, 0.1) is 11.8 Å². The van der Waals surface area contributed by atoms with E-state index in [2.05, 4.69) is 17.6 Å². The number of amides is 1. The highest BCUT2D eigenvalue weighted by Crippen LogP contribution is 2.24. The molecule has 1 aliphatic rings. The summed E-state index contributed by atoms with van der Waals surface area (Å²) in [5.41, 5.74) is 0.889. The third-order valence-corrected chi connectivity index (χ3v) is 6.72. The number of benzene rings is 1. The van der Waals surface area contributed by atoms with E-state index >= 15 is 0 Å². The van der Waals surface area contributed by atoms with Crippen molar-refractivity contribution >= 4 is 15.9 Å². The maximum absolute atomic E-state index is 12.2. The van der Waals surface area contributed by atoms with Gasteiger partial charge in [-0.1, -0.05) is 19.1 Å². The Kier molecular flexibility index (Phi) is 6.98. The third-order valence-electron chi connectivity index (χ3n) is 4.89. The second kappa shape index (κ2) is 8.78. The Balaban J connectivity index is 1.83. The summed E-state index contributed by atoms with van der Waals surface area (Å²) in [5, 5.41) is 6.28. The fraction of sp³-hybridized carbons (Fsp3) is 0.611. The van der Waals surface area contributed by atoms with Crippen LogP contribution in [-0.4, -0.2) is 45.8 Å². The lowest BCUT2D eigenvalue weighted by Crippen LogP contribution is -2.33. The Morgan fingerprint density at radius 3 is 2.40 bits per heavy atom. The van der Waals surface area contributed by atoms with Gasteiger partial charge in [0.1, 0.15) is 0 Å². The van der Waals surface area contributed by atoms with Crippen molar-refractivity contribution in [3.8, 4) is 0 Å². The lowest BCUT2D eigenvalue weighted by molar-refractivity contribution is -0.122. The molecule has 2 N–H and O–H groups in total. The largest absolute Gasteiger partial charge is 0.352 e. The van der Waals surface area contributed by atoms with Crippen LogP contribution in [0.25, 0.3) is 0 Å². The zero-order valence-electron chi connectivity index (χ0n) is 15.3. The molecule has 1 unspecified atom stereocenters. The van der Waals surface area contributed by atoms with Crippen LogP contribution in [0.1, 0.15) is 31.7 Å². The standard InChI is InChI=1S/C18H29N3O3S/c1-14(16-8-10-19-11-9-16)12-18(22)20-13-15-4-6-17(7-5-15)25(23,24)21(2)3/h4-7,14,16,19H,8-13H2,1-3H3,(H,20,22). The molecule has 0 bridgehead atoms. The van der Waals surface area contributed by atoms with Gasteiger partial charge in [-0.25, -0.2) is 12.7 Å². The van der Waals surface area contributed by atoms with Crippen LogP contribution in [-0.2, 0) is 21.4 Å². The van der Waals surface area contributed by atoms with E-state index in [0.717, 1.165) is 31.5 Å². The quantitative estimate of drug-likeness (QED) is 0.767. The summed E-state index contributed by atoms with van der Waals surface area (Å²) in [5.74, 6) is 1.05. The Morgan fingerprint density at radius 1 is 1.24 bits per heavy atom. The Hall–Kier alpha value is -1.44. The number of carbonyl (C=O) groups is 1. The molecule has 2 rings (SSSR count). The first-order chi connectivity index (χ1) is 11.8. The minimum absolute atomic E-state index is 0.0519. The van der Waals surface area contributed by atoms with E-state index in [9.17, 15) is 13.2 Å². The van der Waals surface area contributed by atoms with Gasteiger partial charge < -0.3 is 10.6 Å². The van der Waals surface area contributed by atoms with E-state index in [1.54, 1.807) is 24.3 Å². The molecule has 1 aromatic carbocycles. The van der Waals surface area contributed by atoms with Crippen LogP contribution in [0.4, 0.5) is 0 Å². The summed E-state index contributed by atoms with van der Waals surface area (Å²) in [4.78, 5) is 12.4. The highest BCUT2D eigenvalue weighted by molar-refractivity contribution is 7.89. The molecule has 140 valence electrons. The maximum Gasteiger partial charge on any atom is 0.242 e. The molecule has 1 aromatic rings. The van der Waals surface area contributed by atoms with Crippen molar-refractivity contribution in [2.24, 2.45) is 11.8 Å². The average molecular weight is 368 g/mol. The number of rotatable bonds is 7. The summed E-state index contributed by atoms with van der Waals surface area (Å²) in [6.45, 7) is 4.65. The molecule has 1 heterocycles. The molecule has 25 heavy (non-hydrogen) atoms. The van der Waals surface area contributed by atoms with Crippen molar-refractivity contribution in [1.82, 2.24) is 14.9 Å². The lowest BCUT2D eigenvalue weighted by Gasteiger charge is -2.27. The van der Waals surface area contributed by atoms with E-state index in [1.165, 1.54) is 18.4 Å². The first-order valence-corrected chi connectivity index (χ1v) is 10.2. The van der Waals surface area contributed by atoms with Gasteiger partial charge in [-0.3, -0.25) is 4.79 Å². The smallest absolute Gasteiger partial charge is 0.242 e. The predicted octanol–water partition coefficient (Wildman–Crippen LogP) is 1.58. The highest BCUT2D eigenvalue weighted by atomic mass is 32.2. The van der Waals surface area contributed by atoms with E-state index in [1.807, 2.05) is 0 Å². The molecule has 0 radical (unpaired) electrons. The Labute approximate surface area is 151 Å². The van der Waals surface area contributed by atoms with Crippen molar-refractivity contribution in [3.63, 3.8) is 0 Å². The number of carbonyl (C=O) groups excluding carboxylic acids is 1. The topological polar surface area (TPSA) is 78.5 Å². The fourth-order valence-corrected chi connectivity index (χ4v) is 4.04. The average Bonchev–Trinajstić information content (AvgIpc) is 2.61. The normalized spacial score (nSPS) is 17.4. The second-order valence-electron chi connectivity index (χ2n) is 6.98. The van der Waals surface area contributed by atoms with Crippen LogP contribution in [0.2, 0.25) is 0 Å². The molecule has 0 spiro atoms. The van der Waals surface area contributed by atoms with Crippen LogP contribution >= 0.6 is 0 Å². The molecule has 1 atom stereocenters. The van der Waals surface area contributed by atoms with Gasteiger partial charge in [-0.2, -0.15) is 0 Å². The number of piperidine rings is 1. The van der Waals surface area contributed by atoms with Crippen LogP contribution < -0.4 is 10.6 Å². The molecule has 0 aliphatic carbocycles. The molecule has 6 nitrogen and oxygen atoms in total. The molecule has 0 saturated carbocycles. The van der Waals surface area contributed by atoms with Crippen molar-refractivity contribution in [3.05, 3.63) is 29.8 Å². The maximum atomic E-state index is 12.2. The van der Waals surface area contributed by atoms with Gasteiger partial charge in [0.05, 0.1) is 4.90 Å². The summed E-state index contributed by atoms with van der Waals surface area (Å²) in [6, 6.07) is 6.64. The summed E-state index contributed by atoms with van der Waals surface area (Å²) < 4.78 is 25.3. The molecule has 1 saturated heterocycles. The molecule has 1 aliphatic heterocycles. The Morgan fingerprint density at radius 2 is 1.84 bits per heavy atom. The highest BCUT2D eigenvalue weighted by Gasteiger charge is 2.22. The van der Waals surface area contributed by atoms with Gasteiger partial charge in [0, 0.05) is 27.1 Å². The van der Waals surface area contributed by atoms with E-state index in [4.69, 9.17) is 0 Å². The van der Waals surface area contributed by atoms with Gasteiger partial charge in [0.2, 0.25) is 15.9 Å². The molecule has 1 amide bonds. The van der Waals surface area contributed by atoms with Gasteiger partial charge in [-0.15, -0.1) is 0 Å². The number of hydrogen-bond donors (Lipinski definition) is 2. The van der Waals surface area contributed by atoms with Crippen molar-refractivity contribution < 1.29 is 13.2 Å². The molecular weight excluding hydrogens is 338 g/mol. The summed E-state index contributed by atoms with van der Waals surface area (Å²) in [7, 11) is -0.399. The van der Waals surface area contributed by atoms with Crippen LogP contribution in [0.3, 0.4) is 0 Å². The van der Waals surface area contributed by atoms with Gasteiger partial charge >= 0.3 is 0 Å². The summed E-state index contributed by atoms with van der Waals surface area (Å²) >= 11 is 0. The predicted molar refractivity (Wildman–Crippen MR) is 98.5 cm³/mol. The summed E-state index contributed by atoms with van der Waals surface area (Å²) in [6.07, 6.45) is 2.81. The van der Waals surface area contributed by atoms with Crippen LogP contribution in [0.5, 0.6) is 0 Å². The SMILES string of the molecule is CC(CC(=O)NCc1ccc(S(=O)(=O)N(C)C)cc1)C1CCNCC1. The van der Waals surface area contributed by atoms with Gasteiger partial charge in [0.25, 0.3) is 0 Å². The third kappa shape index (κ3) is 5.52. The Bertz CT molecular complexity index is 665. The van der Waals surface area contributed by atoms with Gasteiger partial charge in [-0.05, 0) is 55.5 Å². The molecule has 1 fully saturated rings. The number of sulfonamides is 1. The van der Waals surface area contributed by atoms with E-state index in [0.29, 0.717) is 24.8 Å². The van der Waals surface area contributed by atoms with E-state index < -0.39 is 10.0 Å². The minimum Gasteiger partial charge on any atom is -0.352 e. The zero-order valence-corrected chi connectivity index (χ0v) is 16.1.